The van der Waals surface area contributed by atoms with Crippen molar-refractivity contribution in [2.24, 2.45) is 5.92 Å². The number of aliphatic carboxylic acids is 1. The summed E-state index contributed by atoms with van der Waals surface area (Å²) >= 11 is 0. The second kappa shape index (κ2) is 10.5. The number of aromatic hydroxyl groups is 1. The maximum Gasteiger partial charge on any atom is 0.303 e. The highest BCUT2D eigenvalue weighted by Gasteiger charge is 2.42. The fraction of sp³-hybridized carbons (Fsp3) is 0.400. The van der Waals surface area contributed by atoms with Crippen molar-refractivity contribution in [1.82, 2.24) is 0 Å². The Kier molecular flexibility index (Phi) is 7.71. The van der Waals surface area contributed by atoms with Crippen molar-refractivity contribution in [3.63, 3.8) is 0 Å². The molecule has 1 saturated heterocycles. The van der Waals surface area contributed by atoms with Gasteiger partial charge in [0.05, 0.1) is 12.7 Å². The lowest BCUT2D eigenvalue weighted by molar-refractivity contribution is -0.288. The normalized spacial score (nSPS) is 21.8. The van der Waals surface area contributed by atoms with Gasteiger partial charge in [0, 0.05) is 17.9 Å². The highest BCUT2D eigenvalue weighted by molar-refractivity contribution is 5.66. The van der Waals surface area contributed by atoms with Crippen LogP contribution in [0.1, 0.15) is 44.8 Å². The van der Waals surface area contributed by atoms with Crippen LogP contribution in [0.4, 0.5) is 0 Å². The molecule has 0 unspecified atom stereocenters. The van der Waals surface area contributed by atoms with Gasteiger partial charge in [-0.25, -0.2) is 0 Å². The molecule has 1 aliphatic heterocycles. The molecule has 2 N–H and O–H groups in total. The maximum atomic E-state index is 10.7. The highest BCUT2D eigenvalue weighted by Crippen LogP contribution is 2.41. The van der Waals surface area contributed by atoms with E-state index >= 15 is 0 Å². The van der Waals surface area contributed by atoms with Crippen LogP contribution in [0.15, 0.2) is 66.7 Å². The summed E-state index contributed by atoms with van der Waals surface area (Å²) in [5.74, 6) is 0.0554. The summed E-state index contributed by atoms with van der Waals surface area (Å²) in [4.78, 5) is 10.7. The van der Waals surface area contributed by atoms with Gasteiger partial charge in [0.2, 0.25) is 0 Å². The minimum absolute atomic E-state index is 0.0295. The number of para-hydroxylation sites is 2. The van der Waals surface area contributed by atoms with E-state index in [1.165, 1.54) is 0 Å². The molecule has 1 aliphatic rings. The van der Waals surface area contributed by atoms with Crippen molar-refractivity contribution in [3.05, 3.63) is 72.3 Å². The molecular formula is C25H30O6. The molecule has 0 amide bonds. The first-order chi connectivity index (χ1) is 14.9. The van der Waals surface area contributed by atoms with Crippen LogP contribution in [0.25, 0.3) is 0 Å². The van der Waals surface area contributed by atoms with Crippen LogP contribution in [0.5, 0.6) is 11.5 Å². The molecule has 166 valence electrons. The molecule has 0 saturated carbocycles. The third kappa shape index (κ3) is 6.32. The second-order valence-corrected chi connectivity index (χ2v) is 8.20. The summed E-state index contributed by atoms with van der Waals surface area (Å²) in [7, 11) is 0. The van der Waals surface area contributed by atoms with E-state index in [1.807, 2.05) is 68.5 Å². The third-order valence-corrected chi connectivity index (χ3v) is 5.23. The van der Waals surface area contributed by atoms with Crippen LogP contribution >= 0.6 is 0 Å². The predicted octanol–water partition coefficient (Wildman–Crippen LogP) is 5.09. The molecule has 3 rings (SSSR count). The Balaban J connectivity index is 1.74. The molecule has 3 atom stereocenters. The standard InChI is InChI=1S/C25H30O6/c1-25(2,31-19-12-6-4-7-13-19)24-29-17-18(11-5-3-8-16-22(27)28)23(30-24)20-14-9-10-15-21(20)26/h3-7,9-10,12-15,18,23-24,26H,8,11,16-17H2,1-2H3,(H,27,28)/b5-3-/t18-,23+,24+/m1/s1. The largest absolute Gasteiger partial charge is 0.508 e. The average Bonchev–Trinajstić information content (AvgIpc) is 2.74. The maximum absolute atomic E-state index is 10.7. The van der Waals surface area contributed by atoms with Gasteiger partial charge in [-0.3, -0.25) is 4.79 Å². The first-order valence-corrected chi connectivity index (χ1v) is 10.5. The number of hydrogen-bond donors (Lipinski definition) is 2. The van der Waals surface area contributed by atoms with Crippen LogP contribution in [-0.2, 0) is 14.3 Å². The number of allylic oxidation sites excluding steroid dienone is 2. The summed E-state index contributed by atoms with van der Waals surface area (Å²) < 4.78 is 18.6. The summed E-state index contributed by atoms with van der Waals surface area (Å²) in [6.07, 6.45) is 4.03. The van der Waals surface area contributed by atoms with Gasteiger partial charge in [-0.15, -0.1) is 0 Å². The molecule has 6 heteroatoms. The summed E-state index contributed by atoms with van der Waals surface area (Å²) in [5.41, 5.74) is -0.0537. The molecule has 0 aliphatic carbocycles. The number of carboxylic acid groups (broad SMARTS) is 1. The van der Waals surface area contributed by atoms with E-state index in [4.69, 9.17) is 19.3 Å². The predicted molar refractivity (Wildman–Crippen MR) is 117 cm³/mol. The summed E-state index contributed by atoms with van der Waals surface area (Å²) in [6.45, 7) is 4.26. The Morgan fingerprint density at radius 3 is 2.55 bits per heavy atom. The Morgan fingerprint density at radius 2 is 1.84 bits per heavy atom. The van der Waals surface area contributed by atoms with Crippen molar-refractivity contribution < 1.29 is 29.2 Å². The number of ether oxygens (including phenoxy) is 3. The summed E-state index contributed by atoms with van der Waals surface area (Å²) in [5, 5.41) is 19.2. The Morgan fingerprint density at radius 1 is 1.13 bits per heavy atom. The van der Waals surface area contributed by atoms with E-state index in [1.54, 1.807) is 12.1 Å². The van der Waals surface area contributed by atoms with E-state index < -0.39 is 17.9 Å². The van der Waals surface area contributed by atoms with E-state index in [0.717, 1.165) is 5.75 Å². The molecule has 2 aromatic rings. The quantitative estimate of drug-likeness (QED) is 0.543. The highest BCUT2D eigenvalue weighted by atomic mass is 16.7. The zero-order valence-corrected chi connectivity index (χ0v) is 17.9. The van der Waals surface area contributed by atoms with Gasteiger partial charge in [-0.2, -0.15) is 0 Å². The van der Waals surface area contributed by atoms with E-state index in [0.29, 0.717) is 25.0 Å². The minimum Gasteiger partial charge on any atom is -0.508 e. The van der Waals surface area contributed by atoms with Crippen LogP contribution < -0.4 is 4.74 Å². The SMILES string of the molecule is CC(C)(Oc1ccccc1)[C@H]1OC[C@@H](C/C=C\CCC(=O)O)[C@@H](c2ccccc2O)O1. The molecule has 2 aromatic carbocycles. The van der Waals surface area contributed by atoms with Gasteiger partial charge in [0.1, 0.15) is 11.5 Å². The molecule has 0 spiro atoms. The number of carboxylic acids is 1. The van der Waals surface area contributed by atoms with Crippen molar-refractivity contribution >= 4 is 5.97 Å². The Labute approximate surface area is 183 Å². The zero-order chi connectivity index (χ0) is 22.3. The molecule has 0 bridgehead atoms. The van der Waals surface area contributed by atoms with Crippen molar-refractivity contribution in [2.45, 2.75) is 51.1 Å². The van der Waals surface area contributed by atoms with Gasteiger partial charge in [0.15, 0.2) is 11.9 Å². The smallest absolute Gasteiger partial charge is 0.303 e. The van der Waals surface area contributed by atoms with E-state index in [2.05, 4.69) is 0 Å². The number of phenols is 1. The Bertz CT molecular complexity index is 877. The number of carbonyl (C=O) groups is 1. The monoisotopic (exact) mass is 426 g/mol. The summed E-state index contributed by atoms with van der Waals surface area (Å²) in [6, 6.07) is 16.7. The minimum atomic E-state index is -0.815. The van der Waals surface area contributed by atoms with Gasteiger partial charge >= 0.3 is 5.97 Å². The molecule has 31 heavy (non-hydrogen) atoms. The van der Waals surface area contributed by atoms with Crippen molar-refractivity contribution in [1.29, 1.82) is 0 Å². The second-order valence-electron chi connectivity index (χ2n) is 8.20. The lowest BCUT2D eigenvalue weighted by atomic mass is 9.90. The fourth-order valence-corrected chi connectivity index (χ4v) is 3.63. The topological polar surface area (TPSA) is 85.2 Å². The lowest BCUT2D eigenvalue weighted by Gasteiger charge is -2.43. The Hall–Kier alpha value is -2.83. The van der Waals surface area contributed by atoms with Gasteiger partial charge in [-0.05, 0) is 44.9 Å². The van der Waals surface area contributed by atoms with Crippen molar-refractivity contribution in [3.8, 4) is 11.5 Å². The number of hydrogen-bond acceptors (Lipinski definition) is 5. The first kappa shape index (κ1) is 22.8. The molecule has 0 aromatic heterocycles. The molecule has 1 fully saturated rings. The van der Waals surface area contributed by atoms with Gasteiger partial charge < -0.3 is 24.4 Å². The zero-order valence-electron chi connectivity index (χ0n) is 17.9. The fourth-order valence-electron chi connectivity index (χ4n) is 3.63. The molecular weight excluding hydrogens is 396 g/mol. The third-order valence-electron chi connectivity index (χ3n) is 5.23. The molecule has 0 radical (unpaired) electrons. The van der Waals surface area contributed by atoms with E-state index in [9.17, 15) is 9.90 Å². The average molecular weight is 427 g/mol. The van der Waals surface area contributed by atoms with Crippen LogP contribution in [0.2, 0.25) is 0 Å². The van der Waals surface area contributed by atoms with Gasteiger partial charge in [0.25, 0.3) is 0 Å². The first-order valence-electron chi connectivity index (χ1n) is 10.5. The van der Waals surface area contributed by atoms with Crippen LogP contribution in [0, 0.1) is 5.92 Å². The molecule has 6 nitrogen and oxygen atoms in total. The van der Waals surface area contributed by atoms with Gasteiger partial charge in [-0.1, -0.05) is 48.6 Å². The number of benzene rings is 2. The van der Waals surface area contributed by atoms with Crippen molar-refractivity contribution in [2.75, 3.05) is 6.61 Å². The lowest BCUT2D eigenvalue weighted by Crippen LogP contribution is -2.50. The van der Waals surface area contributed by atoms with Crippen LogP contribution in [0.3, 0.4) is 0 Å². The number of phenolic OH excluding ortho intramolecular Hbond substituents is 1. The molecule has 1 heterocycles. The van der Waals surface area contributed by atoms with Crippen LogP contribution in [-0.4, -0.2) is 34.7 Å². The number of rotatable bonds is 9. The van der Waals surface area contributed by atoms with E-state index in [-0.39, 0.29) is 24.2 Å².